The first kappa shape index (κ1) is 18.3. The van der Waals surface area contributed by atoms with E-state index >= 15 is 0 Å². The Bertz CT molecular complexity index is 933. The summed E-state index contributed by atoms with van der Waals surface area (Å²) in [5, 5.41) is 14.3. The van der Waals surface area contributed by atoms with Gasteiger partial charge >= 0.3 is 0 Å². The van der Waals surface area contributed by atoms with Crippen LogP contribution < -0.4 is 10.6 Å². The van der Waals surface area contributed by atoms with Crippen molar-refractivity contribution < 1.29 is 13.6 Å². The van der Waals surface area contributed by atoms with Crippen LogP contribution in [0.25, 0.3) is 0 Å². The number of rotatable bonds is 6. The molecule has 0 unspecified atom stereocenters. The van der Waals surface area contributed by atoms with Gasteiger partial charge in [0.2, 0.25) is 11.0 Å². The van der Waals surface area contributed by atoms with Crippen molar-refractivity contribution >= 4 is 45.5 Å². The first-order chi connectivity index (χ1) is 12.5. The molecule has 0 saturated heterocycles. The van der Waals surface area contributed by atoms with E-state index in [4.69, 9.17) is 0 Å². The summed E-state index contributed by atoms with van der Waals surface area (Å²) in [6.07, 6.45) is 0. The molecule has 26 heavy (non-hydrogen) atoms. The number of amides is 1. The van der Waals surface area contributed by atoms with E-state index in [0.717, 1.165) is 23.4 Å². The Balaban J connectivity index is 1.52. The first-order valence-electron chi connectivity index (χ1n) is 7.54. The van der Waals surface area contributed by atoms with E-state index in [0.29, 0.717) is 9.47 Å². The van der Waals surface area contributed by atoms with Crippen molar-refractivity contribution in [3.8, 4) is 0 Å². The van der Waals surface area contributed by atoms with Gasteiger partial charge < -0.3 is 10.6 Å². The topological polar surface area (TPSA) is 66.9 Å². The second-order valence-corrected chi connectivity index (χ2v) is 7.53. The molecule has 9 heteroatoms. The molecule has 2 N–H and O–H groups in total. The molecule has 0 bridgehead atoms. The van der Waals surface area contributed by atoms with Gasteiger partial charge in [-0.1, -0.05) is 35.2 Å². The number of hydrogen-bond donors (Lipinski definition) is 2. The average molecular weight is 392 g/mol. The van der Waals surface area contributed by atoms with E-state index in [2.05, 4.69) is 20.8 Å². The zero-order chi connectivity index (χ0) is 18.5. The molecule has 0 saturated carbocycles. The highest BCUT2D eigenvalue weighted by molar-refractivity contribution is 8.01. The van der Waals surface area contributed by atoms with Gasteiger partial charge in [0, 0.05) is 17.4 Å². The largest absolute Gasteiger partial charge is 0.330 e. The molecule has 3 rings (SSSR count). The minimum atomic E-state index is -1.01. The van der Waals surface area contributed by atoms with E-state index in [1.165, 1.54) is 29.2 Å². The highest BCUT2D eigenvalue weighted by atomic mass is 32.2. The predicted octanol–water partition coefficient (Wildman–Crippen LogP) is 4.60. The van der Waals surface area contributed by atoms with Crippen molar-refractivity contribution in [2.45, 2.75) is 11.3 Å². The minimum absolute atomic E-state index is 0.0814. The van der Waals surface area contributed by atoms with Crippen LogP contribution in [-0.4, -0.2) is 21.9 Å². The third-order valence-corrected chi connectivity index (χ3v) is 5.18. The molecule has 1 heterocycles. The van der Waals surface area contributed by atoms with E-state index in [1.807, 2.05) is 31.2 Å². The van der Waals surface area contributed by atoms with Crippen LogP contribution in [0.1, 0.15) is 5.56 Å². The van der Waals surface area contributed by atoms with Crippen molar-refractivity contribution in [2.24, 2.45) is 0 Å². The molecule has 0 spiro atoms. The fourth-order valence-corrected chi connectivity index (χ4v) is 3.64. The molecule has 0 aliphatic carbocycles. The summed E-state index contributed by atoms with van der Waals surface area (Å²) in [5.41, 5.74) is 2.24. The van der Waals surface area contributed by atoms with Gasteiger partial charge in [0.1, 0.15) is 0 Å². The molecule has 2 aromatic carbocycles. The lowest BCUT2D eigenvalue weighted by Gasteiger charge is -2.04. The summed E-state index contributed by atoms with van der Waals surface area (Å²) in [6.45, 7) is 2.00. The number of carbonyl (C=O) groups is 1. The lowest BCUT2D eigenvalue weighted by atomic mass is 10.2. The van der Waals surface area contributed by atoms with Gasteiger partial charge in [-0.25, -0.2) is 8.78 Å². The monoisotopic (exact) mass is 392 g/mol. The maximum atomic E-state index is 13.1. The van der Waals surface area contributed by atoms with Gasteiger partial charge in [-0.3, -0.25) is 4.79 Å². The Morgan fingerprint density at radius 2 is 1.96 bits per heavy atom. The van der Waals surface area contributed by atoms with Crippen molar-refractivity contribution in [1.82, 2.24) is 10.2 Å². The van der Waals surface area contributed by atoms with Gasteiger partial charge in [-0.2, -0.15) is 0 Å². The van der Waals surface area contributed by atoms with Gasteiger partial charge in [0.05, 0.1) is 5.75 Å². The third kappa shape index (κ3) is 4.99. The number of aromatic nitrogens is 2. The quantitative estimate of drug-likeness (QED) is 0.600. The fourth-order valence-electron chi connectivity index (χ4n) is 2.06. The molecule has 0 radical (unpaired) electrons. The summed E-state index contributed by atoms with van der Waals surface area (Å²) < 4.78 is 26.6. The van der Waals surface area contributed by atoms with Crippen molar-refractivity contribution in [3.05, 3.63) is 59.7 Å². The average Bonchev–Trinajstić information content (AvgIpc) is 3.04. The molecule has 134 valence electrons. The molecule has 1 aromatic heterocycles. The van der Waals surface area contributed by atoms with Gasteiger partial charge in [-0.15, -0.1) is 10.2 Å². The first-order valence-corrected chi connectivity index (χ1v) is 9.35. The Labute approximate surface area is 156 Å². The van der Waals surface area contributed by atoms with Crippen LogP contribution in [0.3, 0.4) is 0 Å². The highest BCUT2D eigenvalue weighted by Gasteiger charge is 2.10. The molecule has 5 nitrogen and oxygen atoms in total. The van der Waals surface area contributed by atoms with Crippen LogP contribution in [0.15, 0.2) is 46.8 Å². The standard InChI is InChI=1S/C17H14F2N4OS2/c1-10-3-2-4-11(7-10)21-16-22-23-17(26-16)25-9-15(24)20-12-5-6-13(18)14(19)8-12/h2-8H,9H2,1H3,(H,20,24)(H,21,22). The number of anilines is 3. The van der Waals surface area contributed by atoms with E-state index in [-0.39, 0.29) is 17.3 Å². The minimum Gasteiger partial charge on any atom is -0.330 e. The van der Waals surface area contributed by atoms with Crippen LogP contribution in [0.5, 0.6) is 0 Å². The van der Waals surface area contributed by atoms with Gasteiger partial charge in [0.15, 0.2) is 16.0 Å². The predicted molar refractivity (Wildman–Crippen MR) is 100 cm³/mol. The number of carbonyl (C=O) groups excluding carboxylic acids is 1. The maximum Gasteiger partial charge on any atom is 0.234 e. The fraction of sp³-hybridized carbons (Fsp3) is 0.118. The number of benzene rings is 2. The van der Waals surface area contributed by atoms with E-state index in [9.17, 15) is 13.6 Å². The van der Waals surface area contributed by atoms with Crippen LogP contribution >= 0.6 is 23.1 Å². The molecule has 0 aliphatic rings. The molecule has 1 amide bonds. The number of hydrogen-bond acceptors (Lipinski definition) is 6. The Morgan fingerprint density at radius 3 is 2.73 bits per heavy atom. The van der Waals surface area contributed by atoms with Crippen molar-refractivity contribution in [2.75, 3.05) is 16.4 Å². The van der Waals surface area contributed by atoms with Crippen molar-refractivity contribution in [1.29, 1.82) is 0 Å². The van der Waals surface area contributed by atoms with Gasteiger partial charge in [-0.05, 0) is 36.8 Å². The summed E-state index contributed by atoms with van der Waals surface area (Å²) in [7, 11) is 0. The zero-order valence-corrected chi connectivity index (χ0v) is 15.3. The molecule has 0 aliphatic heterocycles. The Morgan fingerprint density at radius 1 is 1.12 bits per heavy atom. The van der Waals surface area contributed by atoms with Crippen LogP contribution in [0.2, 0.25) is 0 Å². The van der Waals surface area contributed by atoms with Crippen LogP contribution in [0.4, 0.5) is 25.3 Å². The maximum absolute atomic E-state index is 13.1. The normalized spacial score (nSPS) is 10.6. The summed E-state index contributed by atoms with van der Waals surface area (Å²) in [4.78, 5) is 11.9. The number of aryl methyl sites for hydroxylation is 1. The molecule has 3 aromatic rings. The number of halogens is 2. The second-order valence-electron chi connectivity index (χ2n) is 5.33. The number of thioether (sulfide) groups is 1. The number of nitrogens with one attached hydrogen (secondary N) is 2. The zero-order valence-electron chi connectivity index (χ0n) is 13.6. The molecule has 0 fully saturated rings. The summed E-state index contributed by atoms with van der Waals surface area (Å²) in [5.74, 6) is -2.23. The molecular weight excluding hydrogens is 378 g/mol. The molecule has 0 atom stereocenters. The number of nitrogens with zero attached hydrogens (tertiary/aromatic N) is 2. The third-order valence-electron chi connectivity index (χ3n) is 3.21. The lowest BCUT2D eigenvalue weighted by molar-refractivity contribution is -0.113. The summed E-state index contributed by atoms with van der Waals surface area (Å²) in [6, 6.07) is 11.1. The highest BCUT2D eigenvalue weighted by Crippen LogP contribution is 2.28. The Kier molecular flexibility index (Phi) is 5.79. The van der Waals surface area contributed by atoms with Crippen LogP contribution in [0, 0.1) is 18.6 Å². The second kappa shape index (κ2) is 8.24. The van der Waals surface area contributed by atoms with Crippen molar-refractivity contribution in [3.63, 3.8) is 0 Å². The Hall–Kier alpha value is -2.52. The smallest absolute Gasteiger partial charge is 0.234 e. The molecular formula is C17H14F2N4OS2. The van der Waals surface area contributed by atoms with Gasteiger partial charge in [0.25, 0.3) is 0 Å². The SMILES string of the molecule is Cc1cccc(Nc2nnc(SCC(=O)Nc3ccc(F)c(F)c3)s2)c1. The summed E-state index contributed by atoms with van der Waals surface area (Å²) >= 11 is 2.54. The van der Waals surface area contributed by atoms with E-state index < -0.39 is 11.6 Å². The van der Waals surface area contributed by atoms with E-state index in [1.54, 1.807) is 0 Å². The lowest BCUT2D eigenvalue weighted by Crippen LogP contribution is -2.14. The van der Waals surface area contributed by atoms with Crippen LogP contribution in [-0.2, 0) is 4.79 Å².